The summed E-state index contributed by atoms with van der Waals surface area (Å²) in [5, 5.41) is 8.45. The van der Waals surface area contributed by atoms with Crippen LogP contribution in [0.25, 0.3) is 16.9 Å². The van der Waals surface area contributed by atoms with E-state index < -0.39 is 40.1 Å². The average molecular weight is 464 g/mol. The van der Waals surface area contributed by atoms with Gasteiger partial charge >= 0.3 is 6.18 Å². The van der Waals surface area contributed by atoms with Gasteiger partial charge in [0.15, 0.2) is 0 Å². The Morgan fingerprint density at radius 2 is 1.81 bits per heavy atom. The average Bonchev–Trinajstić information content (AvgIpc) is 3.10. The van der Waals surface area contributed by atoms with Gasteiger partial charge in [0, 0.05) is 18.8 Å². The Hall–Kier alpha value is -2.73. The maximum Gasteiger partial charge on any atom is 0.408 e. The second-order valence-electron chi connectivity index (χ2n) is 7.05. The van der Waals surface area contributed by atoms with Crippen LogP contribution >= 0.6 is 11.6 Å². The molecule has 0 amide bonds. The highest BCUT2D eigenvalue weighted by Crippen LogP contribution is 2.39. The first-order chi connectivity index (χ1) is 14.5. The van der Waals surface area contributed by atoms with Crippen molar-refractivity contribution in [2.45, 2.75) is 19.1 Å². The van der Waals surface area contributed by atoms with Gasteiger partial charge in [0.2, 0.25) is 0 Å². The smallest absolute Gasteiger partial charge is 0.384 e. The summed E-state index contributed by atoms with van der Waals surface area (Å²) in [4.78, 5) is 9.56. The molecule has 0 saturated carbocycles. The molecule has 0 saturated heterocycles. The van der Waals surface area contributed by atoms with E-state index in [1.165, 1.54) is 0 Å². The third-order valence-corrected chi connectivity index (χ3v) is 4.68. The monoisotopic (exact) mass is 463 g/mol. The zero-order valence-electron chi connectivity index (χ0n) is 16.7. The Bertz CT molecular complexity index is 1060. The number of rotatable bonds is 7. The number of fused-ring (bicyclic) bond motifs is 1. The van der Waals surface area contributed by atoms with Crippen LogP contribution in [0.4, 0.5) is 33.5 Å². The fourth-order valence-corrected chi connectivity index (χ4v) is 3.06. The summed E-state index contributed by atoms with van der Waals surface area (Å²) in [5.74, 6) is -2.58. The largest absolute Gasteiger partial charge is 0.408 e. The molecule has 0 aliphatic heterocycles. The summed E-state index contributed by atoms with van der Waals surface area (Å²) >= 11 is 6.13. The lowest BCUT2D eigenvalue weighted by molar-refractivity contribution is -0.138. The molecule has 0 aliphatic carbocycles. The van der Waals surface area contributed by atoms with Crippen LogP contribution < -0.4 is 10.6 Å². The van der Waals surface area contributed by atoms with Crippen molar-refractivity contribution in [2.24, 2.45) is 0 Å². The molecule has 0 unspecified atom stereocenters. The molecule has 168 valence electrons. The van der Waals surface area contributed by atoms with Gasteiger partial charge in [-0.1, -0.05) is 11.6 Å². The van der Waals surface area contributed by atoms with Crippen LogP contribution in [0.5, 0.6) is 0 Å². The molecule has 2 N–H and O–H groups in total. The minimum Gasteiger partial charge on any atom is -0.384 e. The summed E-state index contributed by atoms with van der Waals surface area (Å²) in [7, 11) is 3.69. The lowest BCUT2D eigenvalue weighted by Gasteiger charge is -2.22. The molecule has 0 radical (unpaired) electrons. The van der Waals surface area contributed by atoms with Gasteiger partial charge in [-0.25, -0.2) is 8.78 Å². The summed E-state index contributed by atoms with van der Waals surface area (Å²) < 4.78 is 70.3. The highest BCUT2D eigenvalue weighted by Gasteiger charge is 2.37. The van der Waals surface area contributed by atoms with Crippen molar-refractivity contribution < 1.29 is 22.0 Å². The lowest BCUT2D eigenvalue weighted by atomic mass is 10.0. The normalized spacial score (nSPS) is 13.1. The first-order valence-corrected chi connectivity index (χ1v) is 9.47. The number of anilines is 2. The number of nitrogens with one attached hydrogen (secondary N) is 2. The third kappa shape index (κ3) is 4.96. The van der Waals surface area contributed by atoms with Crippen LogP contribution in [0.1, 0.15) is 6.92 Å². The molecule has 1 aromatic carbocycles. The first kappa shape index (κ1) is 22.9. The third-order valence-electron chi connectivity index (χ3n) is 4.41. The molecular weight excluding hydrogens is 445 g/mol. The molecule has 1 atom stereocenters. The van der Waals surface area contributed by atoms with E-state index in [9.17, 15) is 22.0 Å². The van der Waals surface area contributed by atoms with Crippen molar-refractivity contribution in [1.29, 1.82) is 0 Å². The van der Waals surface area contributed by atoms with Gasteiger partial charge in [0.05, 0.1) is 11.1 Å². The number of benzene rings is 1. The summed E-state index contributed by atoms with van der Waals surface area (Å²) in [6.07, 6.45) is -3.60. The van der Waals surface area contributed by atoms with Crippen LogP contribution in [0.2, 0.25) is 5.15 Å². The van der Waals surface area contributed by atoms with Crippen LogP contribution in [0, 0.1) is 11.6 Å². The molecule has 0 fully saturated rings. The lowest BCUT2D eigenvalue weighted by Crippen LogP contribution is -2.34. The number of aromatic nitrogens is 4. The molecule has 2 heterocycles. The minimum absolute atomic E-state index is 0.131. The Labute approximate surface area is 179 Å². The van der Waals surface area contributed by atoms with E-state index in [-0.39, 0.29) is 17.3 Å². The Balaban J connectivity index is 2.12. The predicted octanol–water partition coefficient (Wildman–Crippen LogP) is 4.06. The molecular formula is C18H19ClF5N7. The summed E-state index contributed by atoms with van der Waals surface area (Å²) in [5.41, 5.74) is -0.861. The fourth-order valence-electron chi connectivity index (χ4n) is 2.80. The topological polar surface area (TPSA) is 70.4 Å². The van der Waals surface area contributed by atoms with Crippen LogP contribution in [-0.4, -0.2) is 63.9 Å². The van der Waals surface area contributed by atoms with E-state index in [0.717, 1.165) is 29.9 Å². The first-order valence-electron chi connectivity index (χ1n) is 9.09. The number of likely N-dealkylation sites (N-methyl/N-ethyl adjacent to an activating group) is 1. The maximum absolute atomic E-state index is 15.0. The SMILES string of the molecule is C[C@@H](Nc1c(-c2c(F)cc(NCCN(C)C)cc2F)c(Cl)nc2ncnn12)C(F)(F)F. The Morgan fingerprint density at radius 1 is 1.16 bits per heavy atom. The molecule has 2 aromatic heterocycles. The number of alkyl halides is 3. The number of hydrogen-bond acceptors (Lipinski definition) is 6. The van der Waals surface area contributed by atoms with E-state index in [0.29, 0.717) is 13.1 Å². The van der Waals surface area contributed by atoms with Gasteiger partial charge < -0.3 is 15.5 Å². The Morgan fingerprint density at radius 3 is 2.39 bits per heavy atom. The molecule has 3 rings (SSSR count). The highest BCUT2D eigenvalue weighted by atomic mass is 35.5. The zero-order chi connectivity index (χ0) is 22.9. The number of hydrogen-bond donors (Lipinski definition) is 2. The van der Waals surface area contributed by atoms with Crippen LogP contribution in [0.15, 0.2) is 18.5 Å². The van der Waals surface area contributed by atoms with Crippen molar-refractivity contribution in [3.05, 3.63) is 35.2 Å². The van der Waals surface area contributed by atoms with Crippen molar-refractivity contribution in [3.63, 3.8) is 0 Å². The second kappa shape index (κ2) is 8.79. The molecule has 31 heavy (non-hydrogen) atoms. The molecule has 0 aliphatic rings. The van der Waals surface area contributed by atoms with Crippen molar-refractivity contribution in [1.82, 2.24) is 24.5 Å². The Kier molecular flexibility index (Phi) is 6.51. The quantitative estimate of drug-likeness (QED) is 0.407. The molecule has 3 aromatic rings. The highest BCUT2D eigenvalue weighted by molar-refractivity contribution is 6.33. The van der Waals surface area contributed by atoms with E-state index in [4.69, 9.17) is 11.6 Å². The van der Waals surface area contributed by atoms with Gasteiger partial charge in [-0.15, -0.1) is 0 Å². The molecule has 0 bridgehead atoms. The van der Waals surface area contributed by atoms with E-state index in [1.807, 2.05) is 19.0 Å². The minimum atomic E-state index is -4.64. The van der Waals surface area contributed by atoms with Crippen LogP contribution in [-0.2, 0) is 0 Å². The van der Waals surface area contributed by atoms with Gasteiger partial charge in [-0.3, -0.25) is 0 Å². The van der Waals surface area contributed by atoms with Crippen molar-refractivity contribution >= 4 is 28.9 Å². The van der Waals surface area contributed by atoms with Gasteiger partial charge in [0.1, 0.15) is 35.0 Å². The van der Waals surface area contributed by atoms with E-state index >= 15 is 0 Å². The molecule has 13 heteroatoms. The second-order valence-corrected chi connectivity index (χ2v) is 7.41. The molecule has 0 spiro atoms. The standard InChI is InChI=1S/C18H19ClF5N7/c1-9(18(22,23)24)28-16-14(15(19)29-17-26-8-27-31(16)17)13-11(20)6-10(7-12(13)21)25-4-5-30(2)3/h6-9,25,28H,4-5H2,1-3H3/t9-/m1/s1. The van der Waals surface area contributed by atoms with Crippen molar-refractivity contribution in [3.8, 4) is 11.1 Å². The summed E-state index contributed by atoms with van der Waals surface area (Å²) in [6, 6.07) is -0.00462. The van der Waals surface area contributed by atoms with Gasteiger partial charge in [-0.05, 0) is 33.2 Å². The van der Waals surface area contributed by atoms with Gasteiger partial charge in [0.25, 0.3) is 5.78 Å². The van der Waals surface area contributed by atoms with Crippen molar-refractivity contribution in [2.75, 3.05) is 37.8 Å². The van der Waals surface area contributed by atoms with Gasteiger partial charge in [-0.2, -0.15) is 32.8 Å². The van der Waals surface area contributed by atoms with E-state index in [2.05, 4.69) is 25.7 Å². The zero-order valence-corrected chi connectivity index (χ0v) is 17.5. The van der Waals surface area contributed by atoms with E-state index in [1.54, 1.807) is 0 Å². The maximum atomic E-state index is 15.0. The number of nitrogens with zero attached hydrogens (tertiary/aromatic N) is 5. The predicted molar refractivity (Wildman–Crippen MR) is 107 cm³/mol. The molecule has 7 nitrogen and oxygen atoms in total. The summed E-state index contributed by atoms with van der Waals surface area (Å²) in [6.45, 7) is 1.90. The number of halogens is 6. The fraction of sp³-hybridized carbons (Fsp3) is 0.389. The van der Waals surface area contributed by atoms with Crippen LogP contribution in [0.3, 0.4) is 0 Å².